The fourth-order valence-corrected chi connectivity index (χ4v) is 2.07. The number of hydrogen-bond donors (Lipinski definition) is 0. The monoisotopic (exact) mass is 356 g/mol. The van der Waals surface area contributed by atoms with Crippen molar-refractivity contribution < 1.29 is 28.5 Å². The molecule has 0 aliphatic rings. The first-order valence-corrected chi connectivity index (χ1v) is 7.93. The summed E-state index contributed by atoms with van der Waals surface area (Å²) in [5.74, 6) is -0.0108. The SMILES string of the molecule is COCCOC(=O)c1ccc(OC(=O)/C=C/c2ccccc2OC)cc1. The Hall–Kier alpha value is -3.12. The number of para-hydroxylation sites is 1. The molecule has 136 valence electrons. The lowest BCUT2D eigenvalue weighted by Crippen LogP contribution is -2.10. The van der Waals surface area contributed by atoms with Gasteiger partial charge in [-0.15, -0.1) is 0 Å². The number of hydrogen-bond acceptors (Lipinski definition) is 6. The van der Waals surface area contributed by atoms with Gasteiger partial charge in [0.1, 0.15) is 18.1 Å². The van der Waals surface area contributed by atoms with E-state index in [1.54, 1.807) is 19.3 Å². The standard InChI is InChI=1S/C20H20O6/c1-23-13-14-25-20(22)16-7-10-17(11-8-16)26-19(21)12-9-15-5-3-4-6-18(15)24-2/h3-12H,13-14H2,1-2H3/b12-9+. The third-order valence-electron chi connectivity index (χ3n) is 3.37. The van der Waals surface area contributed by atoms with Gasteiger partial charge in [-0.1, -0.05) is 18.2 Å². The Labute approximate surface area is 151 Å². The molecule has 0 heterocycles. The smallest absolute Gasteiger partial charge is 0.338 e. The average molecular weight is 356 g/mol. The van der Waals surface area contributed by atoms with Gasteiger partial charge in [0, 0.05) is 18.7 Å². The van der Waals surface area contributed by atoms with E-state index in [4.69, 9.17) is 18.9 Å². The minimum Gasteiger partial charge on any atom is -0.496 e. The van der Waals surface area contributed by atoms with Gasteiger partial charge in [-0.3, -0.25) is 0 Å². The Morgan fingerprint density at radius 1 is 0.962 bits per heavy atom. The van der Waals surface area contributed by atoms with Crippen molar-refractivity contribution in [2.75, 3.05) is 27.4 Å². The van der Waals surface area contributed by atoms with Crippen molar-refractivity contribution in [2.45, 2.75) is 0 Å². The van der Waals surface area contributed by atoms with Gasteiger partial charge in [0.15, 0.2) is 0 Å². The third kappa shape index (κ3) is 5.75. The van der Waals surface area contributed by atoms with Crippen LogP contribution in [0.5, 0.6) is 11.5 Å². The molecule has 0 unspecified atom stereocenters. The van der Waals surface area contributed by atoms with E-state index in [9.17, 15) is 9.59 Å². The zero-order valence-corrected chi connectivity index (χ0v) is 14.6. The molecule has 0 radical (unpaired) electrons. The van der Waals surface area contributed by atoms with Crippen molar-refractivity contribution in [3.63, 3.8) is 0 Å². The predicted octanol–water partition coefficient (Wildman–Crippen LogP) is 3.12. The first-order chi connectivity index (χ1) is 12.6. The summed E-state index contributed by atoms with van der Waals surface area (Å²) in [6.07, 6.45) is 2.92. The molecule has 0 bridgehead atoms. The molecule has 2 aromatic rings. The first-order valence-electron chi connectivity index (χ1n) is 7.93. The molecule has 0 aliphatic heterocycles. The topological polar surface area (TPSA) is 71.1 Å². The van der Waals surface area contributed by atoms with E-state index in [0.717, 1.165) is 5.56 Å². The Morgan fingerprint density at radius 2 is 1.69 bits per heavy atom. The molecule has 0 aromatic heterocycles. The second-order valence-corrected chi connectivity index (χ2v) is 5.15. The van der Waals surface area contributed by atoms with Gasteiger partial charge in [-0.2, -0.15) is 0 Å². The van der Waals surface area contributed by atoms with Crippen LogP contribution in [0.3, 0.4) is 0 Å². The van der Waals surface area contributed by atoms with Crippen molar-refractivity contribution in [2.24, 2.45) is 0 Å². The lowest BCUT2D eigenvalue weighted by molar-refractivity contribution is -0.128. The van der Waals surface area contributed by atoms with Crippen LogP contribution in [0, 0.1) is 0 Å². The van der Waals surface area contributed by atoms with Crippen LogP contribution in [-0.4, -0.2) is 39.4 Å². The number of benzene rings is 2. The summed E-state index contributed by atoms with van der Waals surface area (Å²) in [4.78, 5) is 23.7. The normalized spacial score (nSPS) is 10.5. The van der Waals surface area contributed by atoms with Gasteiger partial charge in [-0.25, -0.2) is 9.59 Å². The minimum atomic E-state index is -0.536. The maximum atomic E-state index is 11.9. The predicted molar refractivity (Wildman–Crippen MR) is 96.3 cm³/mol. The molecule has 6 nitrogen and oxygen atoms in total. The fraction of sp³-hybridized carbons (Fsp3) is 0.200. The summed E-state index contributed by atoms with van der Waals surface area (Å²) in [5, 5.41) is 0. The maximum absolute atomic E-state index is 11.9. The van der Waals surface area contributed by atoms with E-state index in [0.29, 0.717) is 23.7 Å². The first kappa shape index (κ1) is 19.2. The zero-order chi connectivity index (χ0) is 18.8. The zero-order valence-electron chi connectivity index (χ0n) is 14.6. The second kappa shape index (κ2) is 10.0. The van der Waals surface area contributed by atoms with E-state index in [1.165, 1.54) is 37.5 Å². The molecule has 2 aromatic carbocycles. The van der Waals surface area contributed by atoms with Gasteiger partial charge in [0.05, 0.1) is 19.3 Å². The number of esters is 2. The summed E-state index contributed by atoms with van der Waals surface area (Å²) in [5.41, 5.74) is 1.13. The molecule has 6 heteroatoms. The number of rotatable bonds is 8. The van der Waals surface area contributed by atoms with Gasteiger partial charge in [0.2, 0.25) is 0 Å². The summed E-state index contributed by atoms with van der Waals surface area (Å²) in [7, 11) is 3.09. The highest BCUT2D eigenvalue weighted by molar-refractivity contribution is 5.91. The number of ether oxygens (including phenoxy) is 4. The summed E-state index contributed by atoms with van der Waals surface area (Å²) < 4.78 is 20.2. The molecule has 0 aliphatic carbocycles. The molecule has 0 amide bonds. The number of carbonyl (C=O) groups excluding carboxylic acids is 2. The Kier molecular flexibility index (Phi) is 7.39. The van der Waals surface area contributed by atoms with Crippen LogP contribution >= 0.6 is 0 Å². The van der Waals surface area contributed by atoms with Crippen molar-refractivity contribution in [1.29, 1.82) is 0 Å². The van der Waals surface area contributed by atoms with Crippen molar-refractivity contribution in [3.05, 3.63) is 65.7 Å². The number of methoxy groups -OCH3 is 2. The van der Waals surface area contributed by atoms with Crippen molar-refractivity contribution >= 4 is 18.0 Å². The largest absolute Gasteiger partial charge is 0.496 e. The minimum absolute atomic E-state index is 0.180. The third-order valence-corrected chi connectivity index (χ3v) is 3.37. The van der Waals surface area contributed by atoms with Crippen molar-refractivity contribution in [3.8, 4) is 11.5 Å². The van der Waals surface area contributed by atoms with Crippen LogP contribution in [0.15, 0.2) is 54.6 Å². The van der Waals surface area contributed by atoms with Crippen LogP contribution in [0.25, 0.3) is 6.08 Å². The molecule has 0 atom stereocenters. The van der Waals surface area contributed by atoms with Gasteiger partial charge >= 0.3 is 11.9 Å². The lowest BCUT2D eigenvalue weighted by atomic mass is 10.2. The molecule has 0 saturated carbocycles. The molecular weight excluding hydrogens is 336 g/mol. The van der Waals surface area contributed by atoms with Crippen LogP contribution in [-0.2, 0) is 14.3 Å². The van der Waals surface area contributed by atoms with Gasteiger partial charge < -0.3 is 18.9 Å². The lowest BCUT2D eigenvalue weighted by Gasteiger charge is -2.06. The van der Waals surface area contributed by atoms with Crippen LogP contribution in [0.4, 0.5) is 0 Å². The van der Waals surface area contributed by atoms with Crippen LogP contribution < -0.4 is 9.47 Å². The highest BCUT2D eigenvalue weighted by Crippen LogP contribution is 2.19. The van der Waals surface area contributed by atoms with E-state index < -0.39 is 11.9 Å². The van der Waals surface area contributed by atoms with E-state index in [1.807, 2.05) is 18.2 Å². The van der Waals surface area contributed by atoms with E-state index in [2.05, 4.69) is 0 Å². The molecule has 0 N–H and O–H groups in total. The van der Waals surface area contributed by atoms with Gasteiger partial charge in [-0.05, 0) is 36.4 Å². The molecule has 26 heavy (non-hydrogen) atoms. The van der Waals surface area contributed by atoms with E-state index in [-0.39, 0.29) is 6.61 Å². The highest BCUT2D eigenvalue weighted by atomic mass is 16.6. The van der Waals surface area contributed by atoms with Crippen LogP contribution in [0.2, 0.25) is 0 Å². The Morgan fingerprint density at radius 3 is 2.38 bits per heavy atom. The second-order valence-electron chi connectivity index (χ2n) is 5.15. The molecule has 2 rings (SSSR count). The maximum Gasteiger partial charge on any atom is 0.338 e. The average Bonchev–Trinajstić information content (AvgIpc) is 2.67. The Bertz CT molecular complexity index is 764. The van der Waals surface area contributed by atoms with Gasteiger partial charge in [0.25, 0.3) is 0 Å². The number of carbonyl (C=O) groups is 2. The van der Waals surface area contributed by atoms with E-state index >= 15 is 0 Å². The quantitative estimate of drug-likeness (QED) is 0.313. The Balaban J connectivity index is 1.93. The van der Waals surface area contributed by atoms with Crippen molar-refractivity contribution in [1.82, 2.24) is 0 Å². The molecule has 0 saturated heterocycles. The highest BCUT2D eigenvalue weighted by Gasteiger charge is 2.08. The summed E-state index contributed by atoms with van der Waals surface area (Å²) >= 11 is 0. The summed E-state index contributed by atoms with van der Waals surface area (Å²) in [6.45, 7) is 0.514. The molecular formula is C20H20O6. The molecule has 0 spiro atoms. The fourth-order valence-electron chi connectivity index (χ4n) is 2.07. The van der Waals surface area contributed by atoms with Crippen LogP contribution in [0.1, 0.15) is 15.9 Å². The molecule has 0 fully saturated rings. The summed E-state index contributed by atoms with van der Waals surface area (Å²) in [6, 6.07) is 13.4.